The van der Waals surface area contributed by atoms with Crippen LogP contribution >= 0.6 is 0 Å². The van der Waals surface area contributed by atoms with E-state index < -0.39 is 5.60 Å². The predicted molar refractivity (Wildman–Crippen MR) is 77.0 cm³/mol. The van der Waals surface area contributed by atoms with E-state index in [1.807, 2.05) is 20.8 Å². The van der Waals surface area contributed by atoms with Crippen molar-refractivity contribution < 1.29 is 9.90 Å². The number of aliphatic hydroxyl groups is 1. The van der Waals surface area contributed by atoms with Crippen LogP contribution in [0.25, 0.3) is 0 Å². The molecule has 5 heteroatoms. The van der Waals surface area contributed by atoms with Gasteiger partial charge in [0.1, 0.15) is 0 Å². The Bertz CT molecular complexity index is 304. The topological polar surface area (TPSA) is 55.8 Å². The van der Waals surface area contributed by atoms with Gasteiger partial charge in [0.25, 0.3) is 0 Å². The van der Waals surface area contributed by atoms with Crippen molar-refractivity contribution in [3.63, 3.8) is 0 Å². The normalized spacial score (nSPS) is 20.0. The fourth-order valence-electron chi connectivity index (χ4n) is 2.34. The van der Waals surface area contributed by atoms with E-state index in [2.05, 4.69) is 21.7 Å². The molecule has 0 spiro atoms. The first-order valence-electron chi connectivity index (χ1n) is 6.91. The molecule has 1 heterocycles. The fourth-order valence-corrected chi connectivity index (χ4v) is 2.34. The minimum absolute atomic E-state index is 0.0517. The second-order valence-electron chi connectivity index (χ2n) is 5.83. The molecule has 0 aromatic heterocycles. The van der Waals surface area contributed by atoms with Gasteiger partial charge in [-0.1, -0.05) is 6.08 Å². The summed E-state index contributed by atoms with van der Waals surface area (Å²) in [6.45, 7) is 13.9. The van der Waals surface area contributed by atoms with E-state index in [-0.39, 0.29) is 11.9 Å². The van der Waals surface area contributed by atoms with Gasteiger partial charge in [-0.3, -0.25) is 14.6 Å². The van der Waals surface area contributed by atoms with E-state index in [1.54, 1.807) is 6.08 Å². The first-order chi connectivity index (χ1) is 8.83. The highest BCUT2D eigenvalue weighted by Crippen LogP contribution is 2.10. The number of amides is 1. The molecule has 1 saturated heterocycles. The molecule has 1 fully saturated rings. The van der Waals surface area contributed by atoms with Crippen molar-refractivity contribution >= 4 is 5.91 Å². The highest BCUT2D eigenvalue weighted by molar-refractivity contribution is 5.81. The number of rotatable bonds is 6. The van der Waals surface area contributed by atoms with Gasteiger partial charge >= 0.3 is 0 Å². The van der Waals surface area contributed by atoms with Crippen molar-refractivity contribution in [1.82, 2.24) is 15.1 Å². The number of nitrogens with zero attached hydrogens (tertiary/aromatic N) is 2. The van der Waals surface area contributed by atoms with Crippen LogP contribution in [0.4, 0.5) is 0 Å². The Morgan fingerprint density at radius 2 is 2.00 bits per heavy atom. The number of carbonyl (C=O) groups excluding carboxylic acids is 1. The molecule has 0 bridgehead atoms. The second-order valence-corrected chi connectivity index (χ2v) is 5.83. The van der Waals surface area contributed by atoms with E-state index >= 15 is 0 Å². The van der Waals surface area contributed by atoms with Crippen LogP contribution < -0.4 is 5.32 Å². The molecule has 2 N–H and O–H groups in total. The molecule has 1 amide bonds. The molecule has 1 aliphatic heterocycles. The molecule has 1 rings (SSSR count). The Kier molecular flexibility index (Phi) is 5.97. The van der Waals surface area contributed by atoms with Gasteiger partial charge in [0, 0.05) is 39.3 Å². The summed E-state index contributed by atoms with van der Waals surface area (Å²) >= 11 is 0. The maximum Gasteiger partial charge on any atom is 0.237 e. The quantitative estimate of drug-likeness (QED) is 0.670. The van der Waals surface area contributed by atoms with Crippen molar-refractivity contribution in [2.24, 2.45) is 0 Å². The van der Waals surface area contributed by atoms with Crippen LogP contribution in [0, 0.1) is 0 Å². The zero-order valence-electron chi connectivity index (χ0n) is 12.4. The lowest BCUT2D eigenvalue weighted by atomic mass is 10.1. The molecule has 1 unspecified atom stereocenters. The van der Waals surface area contributed by atoms with Crippen LogP contribution in [0.5, 0.6) is 0 Å². The number of nitrogens with one attached hydrogen (secondary N) is 1. The van der Waals surface area contributed by atoms with Crippen molar-refractivity contribution in [3.05, 3.63) is 12.7 Å². The number of carbonyl (C=O) groups is 1. The number of piperazine rings is 1. The van der Waals surface area contributed by atoms with E-state index in [4.69, 9.17) is 0 Å². The van der Waals surface area contributed by atoms with Crippen LogP contribution in [-0.2, 0) is 4.79 Å². The molecule has 0 saturated carbocycles. The summed E-state index contributed by atoms with van der Waals surface area (Å²) in [5, 5.41) is 12.6. The molecular formula is C14H27N3O2. The van der Waals surface area contributed by atoms with Gasteiger partial charge in [-0.15, -0.1) is 6.58 Å². The summed E-state index contributed by atoms with van der Waals surface area (Å²) in [6.07, 6.45) is 1.69. The molecular weight excluding hydrogens is 242 g/mol. The van der Waals surface area contributed by atoms with Crippen molar-refractivity contribution in [2.45, 2.75) is 32.4 Å². The van der Waals surface area contributed by atoms with E-state index in [1.165, 1.54) is 0 Å². The minimum Gasteiger partial charge on any atom is -0.389 e. The number of hydrogen-bond donors (Lipinski definition) is 2. The molecule has 0 aliphatic carbocycles. The van der Waals surface area contributed by atoms with Crippen LogP contribution in [0.2, 0.25) is 0 Å². The van der Waals surface area contributed by atoms with Crippen LogP contribution in [-0.4, -0.2) is 71.7 Å². The molecule has 0 radical (unpaired) electrons. The van der Waals surface area contributed by atoms with Crippen molar-refractivity contribution in [1.29, 1.82) is 0 Å². The summed E-state index contributed by atoms with van der Waals surface area (Å²) in [5.41, 5.74) is -0.658. The standard InChI is InChI=1S/C14H27N3O2/c1-5-6-15-13(18)12(2)17-9-7-16(8-10-17)11-14(3,4)19/h5,12,19H,1,6-11H2,2-4H3,(H,15,18). The lowest BCUT2D eigenvalue weighted by Gasteiger charge is -2.39. The average molecular weight is 269 g/mol. The summed E-state index contributed by atoms with van der Waals surface area (Å²) in [7, 11) is 0. The van der Waals surface area contributed by atoms with Gasteiger partial charge in [0.05, 0.1) is 11.6 Å². The third-order valence-corrected chi connectivity index (χ3v) is 3.37. The molecule has 19 heavy (non-hydrogen) atoms. The maximum atomic E-state index is 11.9. The first-order valence-corrected chi connectivity index (χ1v) is 6.91. The lowest BCUT2D eigenvalue weighted by molar-refractivity contribution is -0.126. The Balaban J connectivity index is 2.36. The van der Waals surface area contributed by atoms with Crippen LogP contribution in [0.1, 0.15) is 20.8 Å². The van der Waals surface area contributed by atoms with Crippen molar-refractivity contribution in [2.75, 3.05) is 39.3 Å². The monoisotopic (exact) mass is 269 g/mol. The van der Waals surface area contributed by atoms with Gasteiger partial charge in [-0.2, -0.15) is 0 Å². The van der Waals surface area contributed by atoms with Gasteiger partial charge in [0.2, 0.25) is 5.91 Å². The Hall–Kier alpha value is -0.910. The van der Waals surface area contributed by atoms with Gasteiger partial charge in [-0.25, -0.2) is 0 Å². The molecule has 1 atom stereocenters. The van der Waals surface area contributed by atoms with Crippen LogP contribution in [0.15, 0.2) is 12.7 Å². The van der Waals surface area contributed by atoms with E-state index in [0.717, 1.165) is 26.2 Å². The van der Waals surface area contributed by atoms with Crippen molar-refractivity contribution in [3.8, 4) is 0 Å². The Labute approximate surface area is 116 Å². The fraction of sp³-hybridized carbons (Fsp3) is 0.786. The molecule has 5 nitrogen and oxygen atoms in total. The Morgan fingerprint density at radius 3 is 2.47 bits per heavy atom. The largest absolute Gasteiger partial charge is 0.389 e. The zero-order valence-corrected chi connectivity index (χ0v) is 12.4. The van der Waals surface area contributed by atoms with Gasteiger partial charge < -0.3 is 10.4 Å². The third kappa shape index (κ3) is 5.72. The first kappa shape index (κ1) is 16.1. The molecule has 110 valence electrons. The lowest BCUT2D eigenvalue weighted by Crippen LogP contribution is -2.55. The SMILES string of the molecule is C=CCNC(=O)C(C)N1CCN(CC(C)(C)O)CC1. The highest BCUT2D eigenvalue weighted by atomic mass is 16.3. The summed E-state index contributed by atoms with van der Waals surface area (Å²) in [6, 6.07) is -0.107. The summed E-state index contributed by atoms with van der Waals surface area (Å²) in [5.74, 6) is 0.0517. The molecule has 0 aromatic carbocycles. The molecule has 0 aromatic rings. The Morgan fingerprint density at radius 1 is 1.42 bits per heavy atom. The summed E-state index contributed by atoms with van der Waals surface area (Å²) < 4.78 is 0. The molecule has 1 aliphatic rings. The second kappa shape index (κ2) is 7.03. The van der Waals surface area contributed by atoms with Crippen LogP contribution in [0.3, 0.4) is 0 Å². The third-order valence-electron chi connectivity index (χ3n) is 3.37. The van der Waals surface area contributed by atoms with E-state index in [9.17, 15) is 9.90 Å². The predicted octanol–water partition coefficient (Wildman–Crippen LogP) is 0.0656. The smallest absolute Gasteiger partial charge is 0.237 e. The number of β-amino-alcohol motifs (C(OH)–C–C–N with tert-alkyl or cyclic N) is 1. The van der Waals surface area contributed by atoms with Gasteiger partial charge in [0.15, 0.2) is 0 Å². The zero-order chi connectivity index (χ0) is 14.5. The summed E-state index contributed by atoms with van der Waals surface area (Å²) in [4.78, 5) is 16.3. The number of hydrogen-bond acceptors (Lipinski definition) is 4. The average Bonchev–Trinajstić information content (AvgIpc) is 2.34. The maximum absolute atomic E-state index is 11.9. The minimum atomic E-state index is -0.658. The van der Waals surface area contributed by atoms with Gasteiger partial charge in [-0.05, 0) is 20.8 Å². The highest BCUT2D eigenvalue weighted by Gasteiger charge is 2.27. The van der Waals surface area contributed by atoms with E-state index in [0.29, 0.717) is 13.1 Å².